The van der Waals surface area contributed by atoms with Gasteiger partial charge in [-0.05, 0) is 295 Å². The molecule has 9 aromatic rings. The Morgan fingerprint density at radius 3 is 0.566 bits per heavy atom. The highest BCUT2D eigenvalue weighted by molar-refractivity contribution is 6.03. The van der Waals surface area contributed by atoms with E-state index in [0.29, 0.717) is 74.9 Å². The third-order valence-corrected chi connectivity index (χ3v) is 25.5. The maximum Gasteiger partial charge on any atom is 0.303 e. The van der Waals surface area contributed by atoms with Crippen molar-refractivity contribution in [2.45, 2.75) is 160 Å². The van der Waals surface area contributed by atoms with Crippen LogP contribution in [-0.4, -0.2) is 132 Å². The predicted octanol–water partition coefficient (Wildman–Crippen LogP) is 22.4. The number of aromatic amines is 6. The van der Waals surface area contributed by atoms with Crippen molar-refractivity contribution >= 4 is 205 Å². The van der Waals surface area contributed by atoms with Crippen LogP contribution in [0.3, 0.4) is 0 Å². The first-order valence-corrected chi connectivity index (χ1v) is 43.2. The van der Waals surface area contributed by atoms with Crippen molar-refractivity contribution < 1.29 is 44.1 Å². The van der Waals surface area contributed by atoms with Crippen LogP contribution in [0.5, 0.6) is 0 Å². The van der Waals surface area contributed by atoms with Crippen molar-refractivity contribution in [3.05, 3.63) is 247 Å². The molecule has 6 aliphatic heterocycles. The third kappa shape index (κ3) is 18.7. The van der Waals surface area contributed by atoms with Crippen LogP contribution in [0.1, 0.15) is 254 Å². The minimum atomic E-state index is -0.865. The van der Waals surface area contributed by atoms with E-state index in [1.165, 1.54) is 0 Å². The van der Waals surface area contributed by atoms with Gasteiger partial charge in [-0.25, -0.2) is 29.9 Å². The summed E-state index contributed by atoms with van der Waals surface area (Å²) in [4.78, 5) is 123. The number of rotatable bonds is 24. The number of hydrogen-bond acceptors (Lipinski definition) is 12. The summed E-state index contributed by atoms with van der Waals surface area (Å²) in [5.41, 5.74) is 43.3. The fraction of sp³-hybridized carbons (Fsp3) is 0.257. The lowest BCUT2D eigenvalue weighted by Gasteiger charge is -2.06. The smallest absolute Gasteiger partial charge is 0.303 e. The topological polar surface area (TPSA) is 371 Å². The zero-order valence-electron chi connectivity index (χ0n) is 76.1. The molecule has 0 saturated heterocycles. The van der Waals surface area contributed by atoms with E-state index in [-0.39, 0.29) is 37.0 Å². The van der Waals surface area contributed by atoms with Crippen molar-refractivity contribution in [1.29, 1.82) is 0 Å². The number of carbonyl (C=O) groups excluding carboxylic acids is 3. The molecule has 0 radical (unpaired) electrons. The number of nitrogens with one attached hydrogen (secondary N) is 9. The molecule has 0 saturated carbocycles. The van der Waals surface area contributed by atoms with Gasteiger partial charge in [0, 0.05) is 159 Å². The van der Waals surface area contributed by atoms with Crippen LogP contribution in [0.4, 0.5) is 0 Å². The van der Waals surface area contributed by atoms with Crippen molar-refractivity contribution in [1.82, 2.24) is 75.8 Å². The first kappa shape index (κ1) is 91.7. The van der Waals surface area contributed by atoms with Gasteiger partial charge >= 0.3 is 17.9 Å². The van der Waals surface area contributed by atoms with Gasteiger partial charge in [0.05, 0.1) is 68.3 Å². The summed E-state index contributed by atoms with van der Waals surface area (Å²) < 4.78 is 0. The first-order valence-electron chi connectivity index (χ1n) is 43.2. The number of carboxylic acids is 3. The molecule has 9 aromatic heterocycles. The van der Waals surface area contributed by atoms with E-state index in [0.717, 1.165) is 251 Å². The number of hydrogen-bond donors (Lipinski definition) is 12. The summed E-state index contributed by atoms with van der Waals surface area (Å²) in [6.07, 6.45) is 14.6. The molecule has 0 fully saturated rings. The minimum absolute atomic E-state index is 0.0112. The van der Waals surface area contributed by atoms with Crippen molar-refractivity contribution in [3.63, 3.8) is 0 Å². The van der Waals surface area contributed by atoms with Crippen LogP contribution in [0.25, 0.3) is 170 Å². The van der Waals surface area contributed by atoms with Crippen molar-refractivity contribution in [2.24, 2.45) is 0 Å². The lowest BCUT2D eigenvalue weighted by atomic mass is 9.98. The number of amides is 3. The Balaban J connectivity index is 0.000000165. The molecule has 24 heteroatoms. The van der Waals surface area contributed by atoms with Crippen LogP contribution < -0.4 is 16.0 Å². The van der Waals surface area contributed by atoms with Crippen LogP contribution >= 0.6 is 0 Å². The van der Waals surface area contributed by atoms with Crippen LogP contribution in [0.15, 0.2) is 112 Å². The maximum absolute atomic E-state index is 12.2. The highest BCUT2D eigenvalue weighted by Crippen LogP contribution is 2.44. The Labute approximate surface area is 749 Å². The van der Waals surface area contributed by atoms with E-state index >= 15 is 0 Å². The normalized spacial score (nSPS) is 13.0. The monoisotopic (exact) mass is 1730 g/mol. The Bertz CT molecular complexity index is 6470. The minimum Gasteiger partial charge on any atom is -0.481 e. The molecule has 12 N–H and O–H groups in total. The number of allylic oxidation sites excluding steroid dienone is 12. The van der Waals surface area contributed by atoms with E-state index in [1.807, 2.05) is 153 Å². The summed E-state index contributed by atoms with van der Waals surface area (Å²) in [6, 6.07) is 24.2. The molecule has 15 heterocycles. The van der Waals surface area contributed by atoms with Crippen molar-refractivity contribution in [3.8, 4) is 0 Å². The van der Waals surface area contributed by atoms with Crippen LogP contribution in [-0.2, 0) is 28.8 Å². The summed E-state index contributed by atoms with van der Waals surface area (Å²) >= 11 is 0. The Morgan fingerprint density at radius 1 is 0.248 bits per heavy atom. The number of carboxylic acid groups (broad SMARTS) is 3. The molecule has 0 spiro atoms. The molecule has 0 aromatic carbocycles. The summed E-state index contributed by atoms with van der Waals surface area (Å²) in [7, 11) is 4.89. The highest BCUT2D eigenvalue weighted by Gasteiger charge is 2.29. The number of H-pyrrole nitrogens is 6. The zero-order valence-corrected chi connectivity index (χ0v) is 76.1. The van der Waals surface area contributed by atoms with Gasteiger partial charge in [0.2, 0.25) is 17.7 Å². The number of carbonyl (C=O) groups is 6. The Morgan fingerprint density at radius 2 is 0.403 bits per heavy atom. The molecule has 0 aliphatic carbocycles. The van der Waals surface area contributed by atoms with Crippen LogP contribution in [0, 0.1) is 41.5 Å². The lowest BCUT2D eigenvalue weighted by Crippen LogP contribution is -2.17. The van der Waals surface area contributed by atoms with Gasteiger partial charge in [0.25, 0.3) is 0 Å². The second-order valence-corrected chi connectivity index (χ2v) is 33.0. The van der Waals surface area contributed by atoms with E-state index in [9.17, 15) is 44.1 Å². The zero-order chi connectivity index (χ0) is 93.0. The second kappa shape index (κ2) is 38.5. The van der Waals surface area contributed by atoms with Gasteiger partial charge in [-0.1, -0.05) is 75.9 Å². The molecule has 0 atom stereocenters. The number of nitrogens with zero attached hydrogens (tertiary/aromatic N) is 6. The average molecular weight is 1730 g/mol. The third-order valence-electron chi connectivity index (χ3n) is 25.5. The second-order valence-electron chi connectivity index (χ2n) is 33.0. The molecule has 15 rings (SSSR count). The van der Waals surface area contributed by atoms with Gasteiger partial charge in [0.1, 0.15) is 0 Å². The van der Waals surface area contributed by atoms with E-state index in [4.69, 9.17) is 29.9 Å². The summed E-state index contributed by atoms with van der Waals surface area (Å²) in [6.45, 7) is 48.8. The number of aromatic nitrogens is 12. The van der Waals surface area contributed by atoms with E-state index in [1.54, 1.807) is 21.1 Å². The molecule has 24 bridgehead atoms. The molecule has 3 amide bonds. The molecule has 24 nitrogen and oxygen atoms in total. The molecular formula is C105H111N15O9. The lowest BCUT2D eigenvalue weighted by molar-refractivity contribution is -0.137. The molecule has 6 aliphatic rings. The summed E-state index contributed by atoms with van der Waals surface area (Å²) in [5, 5.41) is 36.6. The highest BCUT2D eigenvalue weighted by atomic mass is 16.4. The standard InChI is InChI=1S/3C35H37N5O3/c3*1-8-22-18(3)26-14-27-21(6)25(11-13-35(42)43)33(39-27)17-32-24(10-12-34(41)36-7)20(5)29(40-32)16-31-23(9-2)19(4)28(38-31)15-30(22)37-26/h3*8-9,14-17,37-38H,1-2,10-13H2,3-7H3,(H,36,41)(H,42,43). The molecular weight excluding hydrogens is 1620 g/mol. The largest absolute Gasteiger partial charge is 0.481 e. The van der Waals surface area contributed by atoms with Crippen LogP contribution in [0.2, 0.25) is 0 Å². The molecule has 129 heavy (non-hydrogen) atoms. The molecule has 660 valence electrons. The number of aliphatic carboxylic acids is 3. The van der Waals surface area contributed by atoms with Gasteiger partial charge in [0.15, 0.2) is 0 Å². The molecule has 0 unspecified atom stereocenters. The SMILES string of the molecule is C=Cc1c(C)c2cc3[nH]c(cc4nc(cc5nc(cc1[nH]2)C(C)=C5CCC(=O)NC)C(CCC(=O)O)=C4C)c(C)c3C=C.C=Cc1c(C)c2cc3[nH]c(cc4nc(cc5nc(cc1[nH]2)C(C)=C5CCC(=O)NC)C(CCC(=O)O)=C4C)c(C)c3C=C.C=Cc1c(C)c2cc3[nH]c(cc4nc(cc5nc(cc1[nH]2)C(C)=C5CCC(=O)NC)C(CCC(=O)O)=C4C)c(C)c3C=C. The predicted molar refractivity (Wildman–Crippen MR) is 527 cm³/mol. The van der Waals surface area contributed by atoms with Gasteiger partial charge in [-0.2, -0.15) is 0 Å². The van der Waals surface area contributed by atoms with E-state index in [2.05, 4.69) is 124 Å². The number of fused-ring (bicyclic) bond motifs is 24. The summed E-state index contributed by atoms with van der Waals surface area (Å²) in [5.74, 6) is -2.75. The fourth-order valence-corrected chi connectivity index (χ4v) is 17.7. The number of aryl methyl sites for hydroxylation is 6. The maximum atomic E-state index is 12.2. The average Bonchev–Trinajstić information content (AvgIpc) is 1.62. The Kier molecular flexibility index (Phi) is 27.4. The van der Waals surface area contributed by atoms with Gasteiger partial charge in [-0.3, -0.25) is 28.8 Å². The Hall–Kier alpha value is -14.9. The van der Waals surface area contributed by atoms with Gasteiger partial charge < -0.3 is 61.2 Å². The van der Waals surface area contributed by atoms with Gasteiger partial charge in [-0.15, -0.1) is 0 Å². The van der Waals surface area contributed by atoms with Crippen molar-refractivity contribution in [2.75, 3.05) is 21.1 Å². The van der Waals surface area contributed by atoms with E-state index < -0.39 is 17.9 Å². The fourth-order valence-electron chi connectivity index (χ4n) is 17.7. The quantitative estimate of drug-likeness (QED) is 0.0267. The first-order chi connectivity index (χ1) is 61.7.